The van der Waals surface area contributed by atoms with Gasteiger partial charge in [-0.15, -0.1) is 0 Å². The highest BCUT2D eigenvalue weighted by Gasteiger charge is 2.19. The smallest absolute Gasteiger partial charge is 0.240 e. The molecule has 0 saturated carbocycles. The number of aliphatic hydroxyl groups excluding tert-OH is 1. The summed E-state index contributed by atoms with van der Waals surface area (Å²) in [6, 6.07) is 12.6. The molecule has 1 aliphatic heterocycles. The Balaban J connectivity index is 1.61. The molecule has 0 aliphatic carbocycles. The molecule has 7 heteroatoms. The Kier molecular flexibility index (Phi) is 5.47. The van der Waals surface area contributed by atoms with Crippen molar-refractivity contribution in [2.75, 3.05) is 39.4 Å². The maximum atomic E-state index is 12.4. The van der Waals surface area contributed by atoms with Gasteiger partial charge in [0.1, 0.15) is 0 Å². The van der Waals surface area contributed by atoms with Crippen molar-refractivity contribution in [1.82, 2.24) is 9.62 Å². The molecule has 24 heavy (non-hydrogen) atoms. The van der Waals surface area contributed by atoms with Crippen molar-refractivity contribution in [3.8, 4) is 0 Å². The predicted molar refractivity (Wildman–Crippen MR) is 92.4 cm³/mol. The van der Waals surface area contributed by atoms with Crippen LogP contribution in [0.25, 0.3) is 10.8 Å². The first kappa shape index (κ1) is 17.3. The lowest BCUT2D eigenvalue weighted by molar-refractivity contribution is 0.0158. The molecule has 1 atom stereocenters. The van der Waals surface area contributed by atoms with Crippen LogP contribution in [-0.2, 0) is 14.8 Å². The van der Waals surface area contributed by atoms with Gasteiger partial charge >= 0.3 is 0 Å². The average molecular weight is 350 g/mol. The number of hydrogen-bond acceptors (Lipinski definition) is 5. The molecule has 1 aliphatic rings. The molecule has 2 aromatic rings. The molecule has 6 nitrogen and oxygen atoms in total. The molecule has 2 N–H and O–H groups in total. The maximum absolute atomic E-state index is 12.4. The van der Waals surface area contributed by atoms with Crippen LogP contribution < -0.4 is 4.72 Å². The van der Waals surface area contributed by atoms with Crippen molar-refractivity contribution in [3.63, 3.8) is 0 Å². The van der Waals surface area contributed by atoms with Crippen LogP contribution in [0.15, 0.2) is 47.4 Å². The van der Waals surface area contributed by atoms with Crippen molar-refractivity contribution in [2.45, 2.75) is 11.0 Å². The Hall–Kier alpha value is -1.51. The molecule has 1 saturated heterocycles. The molecule has 130 valence electrons. The van der Waals surface area contributed by atoms with Crippen molar-refractivity contribution in [3.05, 3.63) is 42.5 Å². The molecule has 3 rings (SSSR count). The molecule has 0 spiro atoms. The van der Waals surface area contributed by atoms with Crippen LogP contribution in [0.4, 0.5) is 0 Å². The van der Waals surface area contributed by atoms with Crippen molar-refractivity contribution >= 4 is 20.8 Å². The number of β-amino-alcohol motifs (C(OH)–C–C–N with tert-alkyl or cyclic N) is 1. The van der Waals surface area contributed by atoms with Gasteiger partial charge in [-0.2, -0.15) is 0 Å². The molecule has 0 bridgehead atoms. The Morgan fingerprint density at radius 1 is 1.12 bits per heavy atom. The zero-order chi connectivity index (χ0) is 17.0. The van der Waals surface area contributed by atoms with Gasteiger partial charge in [-0.25, -0.2) is 13.1 Å². The van der Waals surface area contributed by atoms with Gasteiger partial charge in [0.15, 0.2) is 0 Å². The lowest BCUT2D eigenvalue weighted by Gasteiger charge is -2.28. The summed E-state index contributed by atoms with van der Waals surface area (Å²) in [5.41, 5.74) is 0. The Bertz CT molecular complexity index is 788. The van der Waals surface area contributed by atoms with Crippen LogP contribution in [0, 0.1) is 0 Å². The third kappa shape index (κ3) is 4.31. The summed E-state index contributed by atoms with van der Waals surface area (Å²) >= 11 is 0. The van der Waals surface area contributed by atoms with E-state index in [1.54, 1.807) is 18.2 Å². The fraction of sp³-hybridized carbons (Fsp3) is 0.412. The van der Waals surface area contributed by atoms with E-state index in [-0.39, 0.29) is 11.4 Å². The molecule has 1 fully saturated rings. The van der Waals surface area contributed by atoms with Crippen molar-refractivity contribution in [1.29, 1.82) is 0 Å². The number of hydrogen-bond donors (Lipinski definition) is 2. The number of nitrogens with one attached hydrogen (secondary N) is 1. The maximum Gasteiger partial charge on any atom is 0.240 e. The molecule has 0 aromatic heterocycles. The predicted octanol–water partition coefficient (Wildman–Crippen LogP) is 0.811. The number of sulfonamides is 1. The van der Waals surface area contributed by atoms with E-state index in [0.717, 1.165) is 23.9 Å². The minimum Gasteiger partial charge on any atom is -0.390 e. The zero-order valence-corrected chi connectivity index (χ0v) is 14.2. The van der Waals surface area contributed by atoms with Gasteiger partial charge in [0.05, 0.1) is 24.2 Å². The third-order valence-corrected chi connectivity index (χ3v) is 5.53. The van der Waals surface area contributed by atoms with E-state index in [2.05, 4.69) is 9.62 Å². The number of rotatable bonds is 6. The number of aliphatic hydroxyl groups is 1. The van der Waals surface area contributed by atoms with Crippen molar-refractivity contribution in [2.24, 2.45) is 0 Å². The van der Waals surface area contributed by atoms with Crippen molar-refractivity contribution < 1.29 is 18.3 Å². The van der Waals surface area contributed by atoms with Gasteiger partial charge in [0.2, 0.25) is 10.0 Å². The summed E-state index contributed by atoms with van der Waals surface area (Å²) in [7, 11) is -3.64. The Labute approximate surface area is 142 Å². The fourth-order valence-corrected chi connectivity index (χ4v) is 3.88. The third-order valence-electron chi connectivity index (χ3n) is 4.11. The van der Waals surface area contributed by atoms with Crippen LogP contribution in [-0.4, -0.2) is 63.9 Å². The fourth-order valence-electron chi connectivity index (χ4n) is 2.77. The summed E-state index contributed by atoms with van der Waals surface area (Å²) < 4.78 is 32.6. The average Bonchev–Trinajstić information content (AvgIpc) is 2.60. The topological polar surface area (TPSA) is 78.9 Å². The number of fused-ring (bicyclic) bond motifs is 1. The van der Waals surface area contributed by atoms with Gasteiger partial charge in [0.25, 0.3) is 0 Å². The molecule has 0 radical (unpaired) electrons. The summed E-state index contributed by atoms with van der Waals surface area (Å²) in [6.07, 6.45) is -0.752. The van der Waals surface area contributed by atoms with E-state index >= 15 is 0 Å². The van der Waals surface area contributed by atoms with Gasteiger partial charge in [-0.3, -0.25) is 4.90 Å². The second-order valence-electron chi connectivity index (χ2n) is 5.93. The molecular formula is C17H22N2O4S. The Morgan fingerprint density at radius 3 is 2.58 bits per heavy atom. The first-order valence-electron chi connectivity index (χ1n) is 8.01. The number of benzene rings is 2. The number of nitrogens with zero attached hydrogens (tertiary/aromatic N) is 1. The van der Waals surface area contributed by atoms with Gasteiger partial charge in [-0.1, -0.05) is 30.3 Å². The van der Waals surface area contributed by atoms with E-state index in [1.165, 1.54) is 0 Å². The SMILES string of the molecule is O=S(=O)(NCC(O)CN1CCOCC1)c1ccc2ccccc2c1. The van der Waals surface area contributed by atoms with Gasteiger partial charge in [0, 0.05) is 26.2 Å². The molecule has 1 heterocycles. The summed E-state index contributed by atoms with van der Waals surface area (Å²) in [5.74, 6) is 0. The highest BCUT2D eigenvalue weighted by atomic mass is 32.2. The van der Waals surface area contributed by atoms with Gasteiger partial charge < -0.3 is 9.84 Å². The van der Waals surface area contributed by atoms with E-state index in [0.29, 0.717) is 19.8 Å². The summed E-state index contributed by atoms with van der Waals surface area (Å²) in [5, 5.41) is 11.9. The number of morpholine rings is 1. The van der Waals surface area contributed by atoms with E-state index in [9.17, 15) is 13.5 Å². The van der Waals surface area contributed by atoms with Crippen LogP contribution in [0.5, 0.6) is 0 Å². The lowest BCUT2D eigenvalue weighted by atomic mass is 10.1. The van der Waals surface area contributed by atoms with Crippen LogP contribution in [0.2, 0.25) is 0 Å². The largest absolute Gasteiger partial charge is 0.390 e. The molecular weight excluding hydrogens is 328 g/mol. The highest BCUT2D eigenvalue weighted by Crippen LogP contribution is 2.18. The first-order chi connectivity index (χ1) is 11.5. The zero-order valence-electron chi connectivity index (χ0n) is 13.4. The standard InChI is InChI=1S/C17H22N2O4S/c20-16(13-19-7-9-23-10-8-19)12-18-24(21,22)17-6-5-14-3-1-2-4-15(14)11-17/h1-6,11,16,18,20H,7-10,12-13H2. The van der Waals surface area contributed by atoms with Crippen LogP contribution in [0.3, 0.4) is 0 Å². The summed E-state index contributed by atoms with van der Waals surface area (Å²) in [4.78, 5) is 2.28. The molecule has 2 aromatic carbocycles. The minimum atomic E-state index is -3.64. The van der Waals surface area contributed by atoms with E-state index in [4.69, 9.17) is 4.74 Å². The summed E-state index contributed by atoms with van der Waals surface area (Å²) in [6.45, 7) is 3.24. The molecule has 1 unspecified atom stereocenters. The van der Waals surface area contributed by atoms with Gasteiger partial charge in [-0.05, 0) is 22.9 Å². The quantitative estimate of drug-likeness (QED) is 0.806. The normalized spacial score (nSPS) is 17.9. The lowest BCUT2D eigenvalue weighted by Crippen LogP contribution is -2.44. The highest BCUT2D eigenvalue weighted by molar-refractivity contribution is 7.89. The van der Waals surface area contributed by atoms with E-state index < -0.39 is 16.1 Å². The second kappa shape index (κ2) is 7.58. The van der Waals surface area contributed by atoms with E-state index in [1.807, 2.05) is 24.3 Å². The minimum absolute atomic E-state index is 0.00742. The first-order valence-corrected chi connectivity index (χ1v) is 9.49. The second-order valence-corrected chi connectivity index (χ2v) is 7.69. The monoisotopic (exact) mass is 350 g/mol. The molecule has 0 amide bonds. The number of ether oxygens (including phenoxy) is 1. The van der Waals surface area contributed by atoms with Crippen LogP contribution in [0.1, 0.15) is 0 Å². The Morgan fingerprint density at radius 2 is 1.83 bits per heavy atom. The van der Waals surface area contributed by atoms with Crippen LogP contribution >= 0.6 is 0 Å².